The number of phosphoric ester groups is 2. The first kappa shape index (κ1) is 31.6. The number of rotatable bonds is 8. The second-order valence-electron chi connectivity index (χ2n) is 8.86. The summed E-state index contributed by atoms with van der Waals surface area (Å²) in [5, 5.41) is 0. The van der Waals surface area contributed by atoms with E-state index in [1.54, 1.807) is 17.1 Å². The molecule has 1 saturated heterocycles. The molecule has 5 N–H and O–H groups in total. The minimum absolute atomic E-state index is 0.0583. The van der Waals surface area contributed by atoms with Crippen molar-refractivity contribution in [1.29, 1.82) is 0 Å². The van der Waals surface area contributed by atoms with Gasteiger partial charge in [0.05, 0.1) is 12.3 Å². The maximum absolute atomic E-state index is 13.0. The Morgan fingerprint density at radius 2 is 1.62 bits per heavy atom. The average Bonchev–Trinajstić information content (AvgIpc) is 2.85. The van der Waals surface area contributed by atoms with Crippen molar-refractivity contribution >= 4 is 33.6 Å². The molecule has 0 unspecified atom stereocenters. The van der Waals surface area contributed by atoms with Gasteiger partial charge in [0.25, 0.3) is 5.91 Å². The van der Waals surface area contributed by atoms with Crippen molar-refractivity contribution in [2.24, 2.45) is 0 Å². The molecule has 0 saturated carbocycles. The molecule has 1 amide bonds. The van der Waals surface area contributed by atoms with Crippen LogP contribution < -0.4 is 14.5 Å². The number of fused-ring (bicyclic) bond motifs is 1. The number of hydrogen-bond acceptors (Lipinski definition) is 9. The normalized spacial score (nSPS) is 18.6. The van der Waals surface area contributed by atoms with Crippen molar-refractivity contribution < 1.29 is 56.9 Å². The summed E-state index contributed by atoms with van der Waals surface area (Å²) in [7, 11) is -10.4. The van der Waals surface area contributed by atoms with Crippen LogP contribution in [-0.4, -0.2) is 62.7 Å². The third kappa shape index (κ3) is 10.9. The van der Waals surface area contributed by atoms with Crippen LogP contribution in [0.4, 0.5) is 0 Å². The fourth-order valence-corrected chi connectivity index (χ4v) is 4.74. The van der Waals surface area contributed by atoms with Crippen LogP contribution >= 0.6 is 15.6 Å². The molecule has 3 rings (SSSR count). The van der Waals surface area contributed by atoms with Gasteiger partial charge in [-0.3, -0.25) is 34.7 Å². The topological polar surface area (TPSA) is 201 Å². The van der Waals surface area contributed by atoms with Crippen LogP contribution in [0.2, 0.25) is 0 Å². The number of likely N-dealkylation sites (tertiary alicyclic amines) is 1. The summed E-state index contributed by atoms with van der Waals surface area (Å²) in [6.07, 6.45) is 12.9. The Balaban J connectivity index is 2.03. The number of nitrogens with zero attached hydrogens (tertiary/aromatic N) is 1. The van der Waals surface area contributed by atoms with Crippen molar-refractivity contribution in [3.63, 3.8) is 0 Å². The summed E-state index contributed by atoms with van der Waals surface area (Å²) < 4.78 is 37.7. The maximum Gasteiger partial charge on any atom is 0.524 e. The predicted molar refractivity (Wildman–Crippen MR) is 142 cm³/mol. The number of ether oxygens (including phenoxy) is 1. The second-order valence-corrected chi connectivity index (χ2v) is 11.2. The van der Waals surface area contributed by atoms with E-state index in [2.05, 4.69) is 14.5 Å². The predicted octanol–water partition coefficient (Wildman–Crippen LogP) is 2.96. The van der Waals surface area contributed by atoms with Gasteiger partial charge in [0.2, 0.25) is 0 Å². The number of allylic oxidation sites excluding steroid dienone is 3. The molecule has 16 heteroatoms. The molecule has 0 aliphatic carbocycles. The molecule has 1 aromatic rings. The number of carbonyl (C=O) groups excluding carboxylic acids is 2. The minimum atomic E-state index is -5.25. The molecule has 0 aromatic heterocycles. The fraction of sp³-hybridized carbons (Fsp3) is 0.417. The third-order valence-corrected chi connectivity index (χ3v) is 6.52. The minimum Gasteiger partial charge on any atom is -0.462 e. The number of cyclic esters (lactones) is 1. The highest BCUT2D eigenvalue weighted by Gasteiger charge is 2.28. The van der Waals surface area contributed by atoms with Crippen molar-refractivity contribution in [3.05, 3.63) is 53.3 Å². The lowest BCUT2D eigenvalue weighted by molar-refractivity contribution is -0.139. The Bertz CT molecular complexity index is 1240. The van der Waals surface area contributed by atoms with E-state index in [0.717, 1.165) is 31.4 Å². The standard InChI is InChI=1S/C24H32N2O12P2/c27-22(26-11-7-5-8-12-26)17-36-25-19-10-6-3-1-2-4-9-13-35-24(28)23-18(14-19)15-20(37-39(29,30)31)16-21(23)38-40(32,33)34/h2,4,6,10,14-16,25H,1,3,5,7-9,11-13,17H2,(H2,29,30,31)(H2,32,33,34)/b4-2?,10-6?,19-14-. The lowest BCUT2D eigenvalue weighted by Crippen LogP contribution is -2.39. The Kier molecular flexibility index (Phi) is 11.5. The van der Waals surface area contributed by atoms with Gasteiger partial charge in [-0.2, -0.15) is 0 Å². The molecule has 2 aliphatic rings. The van der Waals surface area contributed by atoms with E-state index in [0.29, 0.717) is 32.4 Å². The number of nitrogens with one attached hydrogen (secondary N) is 1. The molecular formula is C24H32N2O12P2. The van der Waals surface area contributed by atoms with E-state index in [1.165, 1.54) is 6.08 Å². The van der Waals surface area contributed by atoms with E-state index < -0.39 is 38.7 Å². The Morgan fingerprint density at radius 3 is 2.33 bits per heavy atom. The molecule has 1 aromatic carbocycles. The molecule has 0 radical (unpaired) electrons. The number of benzene rings is 1. The zero-order valence-corrected chi connectivity index (χ0v) is 23.3. The first-order valence-electron chi connectivity index (χ1n) is 12.5. The summed E-state index contributed by atoms with van der Waals surface area (Å²) in [4.78, 5) is 70.1. The van der Waals surface area contributed by atoms with Gasteiger partial charge in [0.1, 0.15) is 17.1 Å². The molecule has 0 spiro atoms. The van der Waals surface area contributed by atoms with Crippen molar-refractivity contribution in [1.82, 2.24) is 10.4 Å². The van der Waals surface area contributed by atoms with Crippen LogP contribution in [0.1, 0.15) is 54.4 Å². The molecule has 40 heavy (non-hydrogen) atoms. The van der Waals surface area contributed by atoms with E-state index in [-0.39, 0.29) is 30.4 Å². The van der Waals surface area contributed by atoms with Crippen LogP contribution in [0.15, 0.2) is 42.1 Å². The average molecular weight is 602 g/mol. The van der Waals surface area contributed by atoms with Gasteiger partial charge in [-0.05, 0) is 62.3 Å². The largest absolute Gasteiger partial charge is 0.524 e. The fourth-order valence-electron chi connectivity index (χ4n) is 3.96. The van der Waals surface area contributed by atoms with Gasteiger partial charge in [-0.15, -0.1) is 0 Å². The van der Waals surface area contributed by atoms with Gasteiger partial charge in [0.15, 0.2) is 6.61 Å². The second kappa shape index (κ2) is 14.6. The van der Waals surface area contributed by atoms with Gasteiger partial charge in [-0.25, -0.2) is 13.9 Å². The summed E-state index contributed by atoms with van der Waals surface area (Å²) in [5.41, 5.74) is 2.24. The zero-order valence-electron chi connectivity index (χ0n) is 21.5. The van der Waals surface area contributed by atoms with Gasteiger partial charge in [0, 0.05) is 19.2 Å². The molecule has 0 bridgehead atoms. The van der Waals surface area contributed by atoms with Crippen LogP contribution in [0.5, 0.6) is 11.5 Å². The molecule has 1 fully saturated rings. The van der Waals surface area contributed by atoms with Crippen LogP contribution in [0.25, 0.3) is 6.08 Å². The molecular weight excluding hydrogens is 570 g/mol. The number of hydroxylamine groups is 1. The molecule has 14 nitrogen and oxygen atoms in total. The summed E-state index contributed by atoms with van der Waals surface area (Å²) >= 11 is 0. The van der Waals surface area contributed by atoms with Gasteiger partial charge < -0.3 is 18.7 Å². The highest BCUT2D eigenvalue weighted by atomic mass is 31.2. The highest BCUT2D eigenvalue weighted by molar-refractivity contribution is 7.47. The van der Waals surface area contributed by atoms with Crippen LogP contribution in [0.3, 0.4) is 0 Å². The monoisotopic (exact) mass is 602 g/mol. The zero-order chi connectivity index (χ0) is 29.2. The number of amides is 1. The van der Waals surface area contributed by atoms with E-state index >= 15 is 0 Å². The van der Waals surface area contributed by atoms with Crippen molar-refractivity contribution in [2.45, 2.75) is 38.5 Å². The van der Waals surface area contributed by atoms with E-state index in [1.807, 2.05) is 12.2 Å². The Labute approximate surface area is 230 Å². The molecule has 0 atom stereocenters. The van der Waals surface area contributed by atoms with Gasteiger partial charge >= 0.3 is 21.6 Å². The molecule has 2 aliphatic heterocycles. The van der Waals surface area contributed by atoms with Crippen LogP contribution in [-0.2, 0) is 23.5 Å². The van der Waals surface area contributed by atoms with Crippen molar-refractivity contribution in [2.75, 3.05) is 26.3 Å². The third-order valence-electron chi connectivity index (χ3n) is 5.64. The first-order chi connectivity index (χ1) is 18.9. The summed E-state index contributed by atoms with van der Waals surface area (Å²) in [6, 6.07) is 1.81. The van der Waals surface area contributed by atoms with E-state index in [4.69, 9.17) is 9.57 Å². The van der Waals surface area contributed by atoms with E-state index in [9.17, 15) is 38.3 Å². The van der Waals surface area contributed by atoms with Crippen molar-refractivity contribution in [3.8, 4) is 11.5 Å². The molecule has 220 valence electrons. The lowest BCUT2D eigenvalue weighted by Gasteiger charge is -2.26. The summed E-state index contributed by atoms with van der Waals surface area (Å²) in [5.74, 6) is -2.52. The number of carbonyl (C=O) groups is 2. The number of piperidine rings is 1. The van der Waals surface area contributed by atoms with Gasteiger partial charge in [-0.1, -0.05) is 18.2 Å². The Hall–Kier alpha value is -2.96. The lowest BCUT2D eigenvalue weighted by atomic mass is 10.0. The number of esters is 1. The van der Waals surface area contributed by atoms with Crippen LogP contribution in [0, 0.1) is 0 Å². The molecule has 2 heterocycles. The Morgan fingerprint density at radius 1 is 0.950 bits per heavy atom. The smallest absolute Gasteiger partial charge is 0.462 e. The number of hydrogen-bond donors (Lipinski definition) is 5. The number of phosphoric acid groups is 2. The summed E-state index contributed by atoms with van der Waals surface area (Å²) in [6.45, 7) is 0.922. The maximum atomic E-state index is 13.0. The first-order valence-corrected chi connectivity index (χ1v) is 15.5. The highest BCUT2D eigenvalue weighted by Crippen LogP contribution is 2.45. The quantitative estimate of drug-likeness (QED) is 0.126. The SMILES string of the molecule is O=C1OCCC=CCCC=C/C(NOCC(=O)N2CCCCC2)=C/c2cc(OP(=O)(O)O)cc(OP(=O)(O)O)c21.